The van der Waals surface area contributed by atoms with E-state index in [0.717, 1.165) is 12.0 Å². The first-order chi connectivity index (χ1) is 10.00. The van der Waals surface area contributed by atoms with Crippen LogP contribution in [-0.2, 0) is 11.2 Å². The Bertz CT molecular complexity index is 527. The molecule has 1 fully saturated rings. The Morgan fingerprint density at radius 1 is 1.33 bits per heavy atom. The highest BCUT2D eigenvalue weighted by Gasteiger charge is 2.41. The monoisotopic (exact) mass is 289 g/mol. The number of carbonyl (C=O) groups is 2. The van der Waals surface area contributed by atoms with Gasteiger partial charge in [-0.05, 0) is 44.0 Å². The number of nitrogens with one attached hydrogen (secondary N) is 1. The van der Waals surface area contributed by atoms with E-state index in [1.54, 1.807) is 11.9 Å². The van der Waals surface area contributed by atoms with E-state index in [2.05, 4.69) is 5.32 Å². The van der Waals surface area contributed by atoms with Crippen molar-refractivity contribution < 1.29 is 9.59 Å². The highest BCUT2D eigenvalue weighted by molar-refractivity contribution is 5.95. The van der Waals surface area contributed by atoms with Crippen LogP contribution in [0.4, 0.5) is 0 Å². The topological polar surface area (TPSA) is 75.4 Å². The molecule has 1 saturated heterocycles. The Hall–Kier alpha value is -1.88. The van der Waals surface area contributed by atoms with Crippen LogP contribution in [-0.4, -0.2) is 43.4 Å². The predicted molar refractivity (Wildman–Crippen MR) is 81.9 cm³/mol. The number of hydrogen-bond donors (Lipinski definition) is 2. The molecule has 2 rings (SSSR count). The van der Waals surface area contributed by atoms with Crippen molar-refractivity contribution in [3.05, 3.63) is 35.4 Å². The molecule has 114 valence electrons. The molecule has 0 bridgehead atoms. The van der Waals surface area contributed by atoms with Crippen molar-refractivity contribution in [1.82, 2.24) is 10.2 Å². The summed E-state index contributed by atoms with van der Waals surface area (Å²) >= 11 is 0. The number of amides is 2. The molecule has 0 spiro atoms. The molecule has 0 radical (unpaired) electrons. The first kappa shape index (κ1) is 15.5. The molecule has 0 aromatic heterocycles. The van der Waals surface area contributed by atoms with E-state index in [4.69, 9.17) is 5.73 Å². The second kappa shape index (κ2) is 6.26. The molecule has 1 aromatic carbocycles. The minimum atomic E-state index is -0.482. The number of rotatable bonds is 4. The van der Waals surface area contributed by atoms with Gasteiger partial charge in [-0.1, -0.05) is 12.1 Å². The lowest BCUT2D eigenvalue weighted by molar-refractivity contribution is -0.128. The first-order valence-corrected chi connectivity index (χ1v) is 7.30. The van der Waals surface area contributed by atoms with Crippen LogP contribution in [0.5, 0.6) is 0 Å². The van der Waals surface area contributed by atoms with Gasteiger partial charge in [-0.25, -0.2) is 0 Å². The fourth-order valence-corrected chi connectivity index (χ4v) is 2.78. The first-order valence-electron chi connectivity index (χ1n) is 7.30. The average Bonchev–Trinajstić information content (AvgIpc) is 2.90. The highest BCUT2D eigenvalue weighted by Crippen LogP contribution is 2.31. The fourth-order valence-electron chi connectivity index (χ4n) is 2.78. The largest absolute Gasteiger partial charge is 0.359 e. The van der Waals surface area contributed by atoms with Crippen LogP contribution in [0.15, 0.2) is 24.3 Å². The van der Waals surface area contributed by atoms with Crippen LogP contribution in [0.3, 0.4) is 0 Å². The van der Waals surface area contributed by atoms with Crippen molar-refractivity contribution in [3.8, 4) is 0 Å². The summed E-state index contributed by atoms with van der Waals surface area (Å²) in [6, 6.07) is 7.55. The highest BCUT2D eigenvalue weighted by atomic mass is 16.2. The number of nitrogens with two attached hydrogens (primary N) is 1. The van der Waals surface area contributed by atoms with Gasteiger partial charge in [-0.3, -0.25) is 9.59 Å². The standard InChI is InChI=1S/C16H23N3O2/c1-16(15(21)18-2)8-10-19(11-16)14(20)13-5-3-12(4-6-13)7-9-17/h3-6H,7-11,17H2,1-2H3,(H,18,21). The summed E-state index contributed by atoms with van der Waals surface area (Å²) in [4.78, 5) is 26.1. The Balaban J connectivity index is 2.06. The third-order valence-corrected chi connectivity index (χ3v) is 4.17. The molecular formula is C16H23N3O2. The third kappa shape index (κ3) is 3.24. The summed E-state index contributed by atoms with van der Waals surface area (Å²) in [5.74, 6) is -0.0157. The van der Waals surface area contributed by atoms with Crippen LogP contribution >= 0.6 is 0 Å². The summed E-state index contributed by atoms with van der Waals surface area (Å²) in [5.41, 5.74) is 6.83. The van der Waals surface area contributed by atoms with Gasteiger partial charge >= 0.3 is 0 Å². The summed E-state index contributed by atoms with van der Waals surface area (Å²) in [5, 5.41) is 2.68. The van der Waals surface area contributed by atoms with E-state index in [1.807, 2.05) is 31.2 Å². The molecule has 0 saturated carbocycles. The number of likely N-dealkylation sites (tertiary alicyclic amines) is 1. The lowest BCUT2D eigenvalue weighted by Gasteiger charge is -2.22. The number of nitrogens with zero attached hydrogens (tertiary/aromatic N) is 1. The molecule has 1 heterocycles. The lowest BCUT2D eigenvalue weighted by Crippen LogP contribution is -2.40. The maximum Gasteiger partial charge on any atom is 0.253 e. The lowest BCUT2D eigenvalue weighted by atomic mass is 9.89. The van der Waals surface area contributed by atoms with E-state index >= 15 is 0 Å². The van der Waals surface area contributed by atoms with Gasteiger partial charge in [-0.2, -0.15) is 0 Å². The molecule has 1 aromatic rings. The minimum Gasteiger partial charge on any atom is -0.359 e. The van der Waals surface area contributed by atoms with Crippen molar-refractivity contribution in [2.24, 2.45) is 11.1 Å². The summed E-state index contributed by atoms with van der Waals surface area (Å²) in [6.45, 7) is 3.59. The Kier molecular flexibility index (Phi) is 4.63. The molecule has 21 heavy (non-hydrogen) atoms. The SMILES string of the molecule is CNC(=O)C1(C)CCN(C(=O)c2ccc(CCN)cc2)C1. The molecule has 1 aliphatic heterocycles. The van der Waals surface area contributed by atoms with E-state index in [1.165, 1.54) is 0 Å². The molecule has 1 aliphatic rings. The summed E-state index contributed by atoms with van der Waals surface area (Å²) in [7, 11) is 1.63. The van der Waals surface area contributed by atoms with Gasteiger partial charge in [-0.15, -0.1) is 0 Å². The number of benzene rings is 1. The average molecular weight is 289 g/mol. The number of carbonyl (C=O) groups excluding carboxylic acids is 2. The van der Waals surface area contributed by atoms with Crippen molar-refractivity contribution >= 4 is 11.8 Å². The number of hydrogen-bond acceptors (Lipinski definition) is 3. The van der Waals surface area contributed by atoms with Gasteiger partial charge < -0.3 is 16.0 Å². The van der Waals surface area contributed by atoms with Gasteiger partial charge in [0.1, 0.15) is 0 Å². The smallest absolute Gasteiger partial charge is 0.253 e. The van der Waals surface area contributed by atoms with Gasteiger partial charge in [0.15, 0.2) is 0 Å². The molecule has 1 unspecified atom stereocenters. The Morgan fingerprint density at radius 3 is 2.57 bits per heavy atom. The second-order valence-electron chi connectivity index (χ2n) is 5.85. The van der Waals surface area contributed by atoms with Gasteiger partial charge in [0.2, 0.25) is 5.91 Å². The molecule has 0 aliphatic carbocycles. The zero-order valence-electron chi connectivity index (χ0n) is 12.7. The van der Waals surface area contributed by atoms with Crippen LogP contribution < -0.4 is 11.1 Å². The maximum absolute atomic E-state index is 12.5. The van der Waals surface area contributed by atoms with E-state index in [0.29, 0.717) is 31.6 Å². The Labute approximate surface area is 125 Å². The van der Waals surface area contributed by atoms with Crippen molar-refractivity contribution in [1.29, 1.82) is 0 Å². The predicted octanol–water partition coefficient (Wildman–Crippen LogP) is 0.786. The summed E-state index contributed by atoms with van der Waals surface area (Å²) < 4.78 is 0. The molecule has 1 atom stereocenters. The van der Waals surface area contributed by atoms with Crippen molar-refractivity contribution in [3.63, 3.8) is 0 Å². The van der Waals surface area contributed by atoms with Crippen LogP contribution in [0.1, 0.15) is 29.3 Å². The Morgan fingerprint density at radius 2 is 2.00 bits per heavy atom. The molecule has 5 heteroatoms. The van der Waals surface area contributed by atoms with Gasteiger partial charge in [0.05, 0.1) is 5.41 Å². The molecule has 2 amide bonds. The van der Waals surface area contributed by atoms with Crippen LogP contribution in [0.25, 0.3) is 0 Å². The zero-order valence-corrected chi connectivity index (χ0v) is 12.7. The van der Waals surface area contributed by atoms with Gasteiger partial charge in [0, 0.05) is 25.7 Å². The van der Waals surface area contributed by atoms with E-state index in [-0.39, 0.29) is 11.8 Å². The quantitative estimate of drug-likeness (QED) is 0.860. The normalized spacial score (nSPS) is 21.4. The minimum absolute atomic E-state index is 0.00362. The van der Waals surface area contributed by atoms with E-state index in [9.17, 15) is 9.59 Å². The molecule has 3 N–H and O–H groups in total. The maximum atomic E-state index is 12.5. The fraction of sp³-hybridized carbons (Fsp3) is 0.500. The second-order valence-corrected chi connectivity index (χ2v) is 5.85. The zero-order chi connectivity index (χ0) is 15.5. The third-order valence-electron chi connectivity index (χ3n) is 4.17. The van der Waals surface area contributed by atoms with Crippen molar-refractivity contribution in [2.75, 3.05) is 26.7 Å². The van der Waals surface area contributed by atoms with Gasteiger partial charge in [0.25, 0.3) is 5.91 Å². The molecule has 5 nitrogen and oxygen atoms in total. The van der Waals surface area contributed by atoms with Crippen LogP contribution in [0, 0.1) is 5.41 Å². The van der Waals surface area contributed by atoms with Crippen molar-refractivity contribution in [2.45, 2.75) is 19.8 Å². The summed E-state index contributed by atoms with van der Waals surface area (Å²) in [6.07, 6.45) is 1.51. The molecular weight excluding hydrogens is 266 g/mol. The van der Waals surface area contributed by atoms with E-state index < -0.39 is 5.41 Å². The van der Waals surface area contributed by atoms with Crippen LogP contribution in [0.2, 0.25) is 0 Å².